The maximum atomic E-state index is 15.1. The van der Waals surface area contributed by atoms with E-state index >= 15 is 4.79 Å². The first-order chi connectivity index (χ1) is 36.4. The summed E-state index contributed by atoms with van der Waals surface area (Å²) < 4.78 is 0. The van der Waals surface area contributed by atoms with Gasteiger partial charge in [-0.15, -0.1) is 0 Å². The monoisotopic (exact) mass is 1050 g/mol. The largest absolute Gasteiger partial charge is 0.481 e. The third kappa shape index (κ3) is 17.4. The Morgan fingerprint density at radius 2 is 1.34 bits per heavy atom. The van der Waals surface area contributed by atoms with Crippen molar-refractivity contribution in [1.29, 1.82) is 0 Å². The van der Waals surface area contributed by atoms with Crippen LogP contribution in [0.2, 0.25) is 0 Å². The molecular formula is C51H71N15O10. The Labute approximate surface area is 439 Å². The van der Waals surface area contributed by atoms with E-state index in [-0.39, 0.29) is 64.0 Å². The SMILES string of the molecule is CCCC[C@H](NC(C)=O)C(=O)N[C@@H](CC(=O)O)C(=O)N[C@@H](Cc1cnc[nH]1)C(=O)N1Cc2ccccc2C[C@@H]1C(=O)N[C@@H](CCCN=C(N)N)C(=O)N[C@@H](Cc1c[nH]c2ccccc12)C(=O)N[C@@H](CCCCN)C(N)=O. The first kappa shape index (κ1) is 58.5. The van der Waals surface area contributed by atoms with E-state index in [4.69, 9.17) is 22.9 Å². The second-order valence-corrected chi connectivity index (χ2v) is 18.7. The van der Waals surface area contributed by atoms with Gasteiger partial charge in [0, 0.05) is 68.3 Å². The van der Waals surface area contributed by atoms with Crippen LogP contribution in [0.5, 0.6) is 0 Å². The number of nitrogens with zero attached hydrogens (tertiary/aromatic N) is 3. The van der Waals surface area contributed by atoms with Gasteiger partial charge in [0.1, 0.15) is 42.3 Å². The quantitative estimate of drug-likeness (QED) is 0.0167. The number of guanidine groups is 1. The van der Waals surface area contributed by atoms with E-state index in [2.05, 4.69) is 51.8 Å². The molecule has 0 radical (unpaired) electrons. The Kier molecular flexibility index (Phi) is 22.3. The van der Waals surface area contributed by atoms with Crippen molar-refractivity contribution in [2.75, 3.05) is 13.1 Å². The van der Waals surface area contributed by atoms with Crippen molar-refractivity contribution in [3.63, 3.8) is 0 Å². The number of carbonyl (C=O) groups excluding carboxylic acids is 8. The molecule has 7 atom stereocenters. The van der Waals surface area contributed by atoms with Gasteiger partial charge < -0.3 is 74.8 Å². The second kappa shape index (κ2) is 28.9. The van der Waals surface area contributed by atoms with E-state index in [0.29, 0.717) is 54.6 Å². The van der Waals surface area contributed by atoms with Crippen molar-refractivity contribution in [2.24, 2.45) is 27.9 Å². The number of para-hydroxylation sites is 1. The first-order valence-electron chi connectivity index (χ1n) is 25.3. The fourth-order valence-corrected chi connectivity index (χ4v) is 8.95. The Morgan fingerprint density at radius 1 is 0.724 bits per heavy atom. The summed E-state index contributed by atoms with van der Waals surface area (Å²) >= 11 is 0. The molecule has 0 saturated carbocycles. The summed E-state index contributed by atoms with van der Waals surface area (Å²) in [6.07, 6.45) is 6.01. The van der Waals surface area contributed by atoms with Crippen molar-refractivity contribution in [3.05, 3.63) is 89.6 Å². The highest BCUT2D eigenvalue weighted by Gasteiger charge is 2.41. The fraction of sp³-hybridized carbons (Fsp3) is 0.471. The lowest BCUT2D eigenvalue weighted by molar-refractivity contribution is -0.146. The van der Waals surface area contributed by atoms with Crippen LogP contribution >= 0.6 is 0 Å². The molecule has 17 N–H and O–H groups in total. The normalized spacial score (nSPS) is 15.3. The summed E-state index contributed by atoms with van der Waals surface area (Å²) in [5.41, 5.74) is 25.8. The van der Waals surface area contributed by atoms with Crippen LogP contribution in [0.1, 0.15) is 94.0 Å². The highest BCUT2D eigenvalue weighted by atomic mass is 16.4. The van der Waals surface area contributed by atoms with Crippen molar-refractivity contribution in [3.8, 4) is 0 Å². The maximum Gasteiger partial charge on any atom is 0.305 e. The van der Waals surface area contributed by atoms with Gasteiger partial charge in [-0.3, -0.25) is 48.1 Å². The number of nitrogens with one attached hydrogen (secondary N) is 8. The first-order valence-corrected chi connectivity index (χ1v) is 25.3. The number of carboxylic acid groups (broad SMARTS) is 1. The number of fused-ring (bicyclic) bond motifs is 2. The number of aliphatic imine (C=N–C) groups is 1. The lowest BCUT2D eigenvalue weighted by atomic mass is 9.92. The smallest absolute Gasteiger partial charge is 0.305 e. The highest BCUT2D eigenvalue weighted by molar-refractivity contribution is 5.99. The highest BCUT2D eigenvalue weighted by Crippen LogP contribution is 2.26. The Bertz CT molecular complexity index is 2690. The average Bonchev–Trinajstić information content (AvgIpc) is 4.06. The maximum absolute atomic E-state index is 15.1. The molecule has 0 spiro atoms. The number of carboxylic acids is 1. The lowest BCUT2D eigenvalue weighted by Crippen LogP contribution is -2.62. The predicted octanol–water partition coefficient (Wildman–Crippen LogP) is -1.11. The topological polar surface area (TPSA) is 410 Å². The van der Waals surface area contributed by atoms with E-state index in [1.165, 1.54) is 24.3 Å². The standard InChI is InChI=1S/C51H71N15O10/c1-3-4-15-37(60-29(2)67)45(71)64-40(24-43(68)69)48(74)65-41(23-33-26-56-28-59-33)50(76)66-27-31-13-6-5-12-30(31)22-42(66)49(75)62-38(18-11-20-57-51(54)55)46(72)63-39(21-32-25-58-35-16-8-7-14-34(32)35)47(73)61-36(44(53)70)17-9-10-19-52/h5-8,12-14,16,25-26,28,36-42,58H,3-4,9-11,15,17-24,27,52H2,1-2H3,(H2,53,70)(H,56,59)(H,60,67)(H,61,73)(H,62,75)(H,63,72)(H,64,71)(H,65,74)(H,68,69)(H4,54,55,57)/t36-,37-,38-,39-,40-,41-,42+/m0/s1. The minimum absolute atomic E-state index is 0.0505. The third-order valence-corrected chi connectivity index (χ3v) is 12.9. The van der Waals surface area contributed by atoms with E-state index in [9.17, 15) is 43.5 Å². The number of unbranched alkanes of at least 4 members (excludes halogenated alkanes) is 2. The molecule has 4 aromatic rings. The number of hydrogen-bond donors (Lipinski definition) is 13. The zero-order valence-electron chi connectivity index (χ0n) is 42.8. The predicted molar refractivity (Wildman–Crippen MR) is 280 cm³/mol. The van der Waals surface area contributed by atoms with Gasteiger partial charge in [-0.1, -0.05) is 62.2 Å². The third-order valence-electron chi connectivity index (χ3n) is 12.9. The number of H-pyrrole nitrogens is 2. The molecule has 3 heterocycles. The number of hydrogen-bond acceptors (Lipinski definition) is 12. The van der Waals surface area contributed by atoms with Gasteiger partial charge in [-0.25, -0.2) is 4.98 Å². The number of primary amides is 1. The number of carbonyl (C=O) groups is 9. The van der Waals surface area contributed by atoms with Gasteiger partial charge in [-0.05, 0) is 67.8 Å². The molecule has 5 rings (SSSR count). The summed E-state index contributed by atoms with van der Waals surface area (Å²) in [6, 6.07) is 5.05. The van der Waals surface area contributed by atoms with Gasteiger partial charge in [-0.2, -0.15) is 0 Å². The number of aliphatic carboxylic acids is 1. The van der Waals surface area contributed by atoms with Crippen LogP contribution in [0.15, 0.2) is 72.2 Å². The van der Waals surface area contributed by atoms with Gasteiger partial charge in [0.2, 0.25) is 47.3 Å². The van der Waals surface area contributed by atoms with Crippen molar-refractivity contribution >= 4 is 70.1 Å². The molecular weight excluding hydrogens is 983 g/mol. The van der Waals surface area contributed by atoms with Crippen molar-refractivity contribution in [1.82, 2.24) is 51.8 Å². The van der Waals surface area contributed by atoms with E-state index < -0.39 is 102 Å². The number of rotatable bonds is 30. The number of nitrogens with two attached hydrogens (primary N) is 4. The van der Waals surface area contributed by atoms with Gasteiger partial charge in [0.05, 0.1) is 12.7 Å². The summed E-state index contributed by atoms with van der Waals surface area (Å²) in [6.45, 7) is 3.36. The number of aromatic amines is 2. The number of aromatic nitrogens is 3. The number of benzene rings is 2. The zero-order chi connectivity index (χ0) is 55.3. The summed E-state index contributed by atoms with van der Waals surface area (Å²) in [5.74, 6) is -7.87. The summed E-state index contributed by atoms with van der Waals surface area (Å²) in [7, 11) is 0. The van der Waals surface area contributed by atoms with Crippen LogP contribution in [0.4, 0.5) is 0 Å². The molecule has 8 amide bonds. The fourth-order valence-electron chi connectivity index (χ4n) is 8.95. The van der Waals surface area contributed by atoms with Crippen molar-refractivity contribution < 1.29 is 48.3 Å². The molecule has 2 aromatic carbocycles. The Morgan fingerprint density at radius 3 is 2.00 bits per heavy atom. The van der Waals surface area contributed by atoms with Gasteiger partial charge in [0.15, 0.2) is 5.96 Å². The lowest BCUT2D eigenvalue weighted by Gasteiger charge is -2.39. The van der Waals surface area contributed by atoms with E-state index in [1.807, 2.05) is 31.2 Å². The second-order valence-electron chi connectivity index (χ2n) is 18.7. The van der Waals surface area contributed by atoms with Crippen LogP contribution < -0.4 is 54.8 Å². The van der Waals surface area contributed by atoms with Crippen LogP contribution in [0, 0.1) is 0 Å². The Hall–Kier alpha value is -8.35. The van der Waals surface area contributed by atoms with Crippen LogP contribution in [-0.4, -0.2) is 140 Å². The average molecular weight is 1050 g/mol. The van der Waals surface area contributed by atoms with E-state index in [0.717, 1.165) is 10.9 Å². The molecule has 0 saturated heterocycles. The van der Waals surface area contributed by atoms with Gasteiger partial charge >= 0.3 is 5.97 Å². The van der Waals surface area contributed by atoms with E-state index in [1.54, 1.807) is 30.5 Å². The molecule has 0 unspecified atom stereocenters. The van der Waals surface area contributed by atoms with Gasteiger partial charge in [0.25, 0.3) is 0 Å². The molecule has 25 heteroatoms. The minimum Gasteiger partial charge on any atom is -0.481 e. The van der Waals surface area contributed by atoms with Crippen molar-refractivity contribution in [2.45, 2.75) is 140 Å². The molecule has 0 bridgehead atoms. The molecule has 0 aliphatic carbocycles. The van der Waals surface area contributed by atoms with Crippen LogP contribution in [0.3, 0.4) is 0 Å². The molecule has 76 heavy (non-hydrogen) atoms. The molecule has 410 valence electrons. The summed E-state index contributed by atoms with van der Waals surface area (Å²) in [4.78, 5) is 139. The molecule has 2 aromatic heterocycles. The summed E-state index contributed by atoms with van der Waals surface area (Å²) in [5, 5.41) is 26.5. The molecule has 1 aliphatic rings. The zero-order valence-corrected chi connectivity index (χ0v) is 42.8. The number of amides is 8. The number of imidazole rings is 1. The molecule has 1 aliphatic heterocycles. The van der Waals surface area contributed by atoms with Crippen LogP contribution in [0.25, 0.3) is 10.9 Å². The van der Waals surface area contributed by atoms with Crippen LogP contribution in [-0.2, 0) is 69.0 Å². The Balaban J connectivity index is 1.47. The molecule has 25 nitrogen and oxygen atoms in total. The molecule has 0 fully saturated rings. The minimum atomic E-state index is -1.71.